The maximum Gasteiger partial charge on any atom is 0.197 e. The molecule has 2 heterocycles. The van der Waals surface area contributed by atoms with Crippen molar-refractivity contribution in [1.29, 1.82) is 0 Å². The van der Waals surface area contributed by atoms with Crippen LogP contribution in [0.5, 0.6) is 0 Å². The molecule has 0 spiro atoms. The van der Waals surface area contributed by atoms with Gasteiger partial charge in [-0.2, -0.15) is 0 Å². The molecule has 0 radical (unpaired) electrons. The van der Waals surface area contributed by atoms with Crippen molar-refractivity contribution in [1.82, 2.24) is 0 Å². The van der Waals surface area contributed by atoms with Gasteiger partial charge >= 0.3 is 0 Å². The minimum absolute atomic E-state index is 0.121. The fraction of sp³-hybridized carbons (Fsp3) is 0.220. The number of hydrogen-bond acceptors (Lipinski definition) is 6. The van der Waals surface area contributed by atoms with Crippen molar-refractivity contribution >= 4 is 58.0 Å². The van der Waals surface area contributed by atoms with Gasteiger partial charge in [0.15, 0.2) is 46.4 Å². The summed E-state index contributed by atoms with van der Waals surface area (Å²) in [5.74, 6) is -7.26. The van der Waals surface area contributed by atoms with E-state index in [1.807, 2.05) is 39.8 Å². The maximum absolute atomic E-state index is 14.0. The molecule has 9 rings (SSSR count). The Morgan fingerprint density at radius 2 is 0.765 bits per heavy atom. The third-order valence-electron chi connectivity index (χ3n) is 11.3. The number of carbonyl (C=O) groups excluding carboxylic acids is 4. The summed E-state index contributed by atoms with van der Waals surface area (Å²) in [6.45, 7) is 12.5. The van der Waals surface area contributed by atoms with Crippen LogP contribution < -0.4 is 0 Å². The Balaban J connectivity index is 1.10. The Morgan fingerprint density at radius 1 is 0.471 bits per heavy atom. The second kappa shape index (κ2) is 9.74. The number of ketones is 4. The molecule has 2 aromatic heterocycles. The van der Waals surface area contributed by atoms with E-state index in [4.69, 9.17) is 0 Å². The van der Waals surface area contributed by atoms with E-state index in [1.165, 1.54) is 0 Å². The first-order valence-electron chi connectivity index (χ1n) is 16.3. The number of halogens is 4. The van der Waals surface area contributed by atoms with Gasteiger partial charge in [-0.15, -0.1) is 22.7 Å². The van der Waals surface area contributed by atoms with Crippen LogP contribution in [0.25, 0.3) is 21.9 Å². The standard InChI is InChI=1S/C41H26F4O4S2/c1-39(2)15(7-21-33(46)17-11-23(42)24(43)12-18(17)34(21)47)9-27-29(39)31-37(50-27)38-32(41(31,5)6)30-28(51-38)10-16(40(30,3)4)8-22-35(48)19-13-25(44)26(45)14-20(19)36(22)49/h7-14H,1-6H3. The highest BCUT2D eigenvalue weighted by atomic mass is 32.1. The Bertz CT molecular complexity index is 2350. The number of allylic oxidation sites excluding steroid dienone is 6. The molecular formula is C41H26F4O4S2. The minimum Gasteiger partial charge on any atom is -0.288 e. The van der Waals surface area contributed by atoms with Gasteiger partial charge < -0.3 is 0 Å². The van der Waals surface area contributed by atoms with E-state index in [9.17, 15) is 36.7 Å². The zero-order valence-electron chi connectivity index (χ0n) is 28.1. The van der Waals surface area contributed by atoms with Gasteiger partial charge in [0.25, 0.3) is 0 Å². The Kier molecular flexibility index (Phi) is 6.14. The fourth-order valence-electron chi connectivity index (χ4n) is 8.56. The number of Topliss-reactive ketones (excluding diaryl/α,β-unsaturated/α-hetero) is 4. The van der Waals surface area contributed by atoms with Gasteiger partial charge in [-0.25, -0.2) is 17.6 Å². The summed E-state index contributed by atoms with van der Waals surface area (Å²) in [5.41, 5.74) is 3.46. The Morgan fingerprint density at radius 3 is 1.06 bits per heavy atom. The quantitative estimate of drug-likeness (QED) is 0.117. The van der Waals surface area contributed by atoms with Crippen LogP contribution in [0.3, 0.4) is 0 Å². The zero-order valence-corrected chi connectivity index (χ0v) is 29.7. The second-order valence-corrected chi connectivity index (χ2v) is 17.3. The van der Waals surface area contributed by atoms with Crippen molar-refractivity contribution < 1.29 is 36.7 Å². The van der Waals surface area contributed by atoms with Crippen LogP contribution in [0.4, 0.5) is 17.6 Å². The molecule has 2 aromatic carbocycles. The molecule has 0 saturated heterocycles. The lowest BCUT2D eigenvalue weighted by Crippen LogP contribution is -2.27. The van der Waals surface area contributed by atoms with Crippen LogP contribution in [-0.2, 0) is 16.2 Å². The third-order valence-corrected chi connectivity index (χ3v) is 13.7. The van der Waals surface area contributed by atoms with Crippen LogP contribution in [0.2, 0.25) is 0 Å². The van der Waals surface area contributed by atoms with E-state index < -0.39 is 62.6 Å². The highest BCUT2D eigenvalue weighted by Crippen LogP contribution is 2.66. The molecular weight excluding hydrogens is 697 g/mol. The molecule has 0 saturated carbocycles. The van der Waals surface area contributed by atoms with Gasteiger partial charge in [0.1, 0.15) is 0 Å². The van der Waals surface area contributed by atoms with Crippen LogP contribution in [-0.4, -0.2) is 23.1 Å². The first-order chi connectivity index (χ1) is 23.8. The SMILES string of the molecule is CC1(C)C(C=C2C(=O)c3cc(F)c(F)cc3C2=O)=Cc2sc3c(c21)C(C)(C)c1c-3sc2c1C(C)(C)C(C=C1C(=O)c3cc(F)c(F)cc3C1=O)=C2. The van der Waals surface area contributed by atoms with Crippen molar-refractivity contribution in [3.63, 3.8) is 0 Å². The molecule has 0 atom stereocenters. The molecule has 51 heavy (non-hydrogen) atoms. The van der Waals surface area contributed by atoms with Crippen LogP contribution in [0.15, 0.2) is 58.7 Å². The van der Waals surface area contributed by atoms with E-state index in [0.717, 1.165) is 77.2 Å². The first-order valence-corrected chi connectivity index (χ1v) is 17.9. The summed E-state index contributed by atoms with van der Waals surface area (Å²) in [7, 11) is 0. The van der Waals surface area contributed by atoms with E-state index in [2.05, 4.69) is 13.8 Å². The largest absolute Gasteiger partial charge is 0.288 e. The smallest absolute Gasteiger partial charge is 0.197 e. The Labute approximate surface area is 297 Å². The molecule has 0 aliphatic heterocycles. The summed E-state index contributed by atoms with van der Waals surface area (Å²) in [6, 6.07) is 3.13. The molecule has 254 valence electrons. The van der Waals surface area contributed by atoms with Crippen molar-refractivity contribution in [2.24, 2.45) is 0 Å². The summed E-state index contributed by atoms with van der Waals surface area (Å²) in [4.78, 5) is 57.3. The number of carbonyl (C=O) groups is 4. The summed E-state index contributed by atoms with van der Waals surface area (Å²) >= 11 is 3.29. The molecule has 5 aliphatic carbocycles. The average molecular weight is 723 g/mol. The molecule has 0 fully saturated rings. The highest BCUT2D eigenvalue weighted by Gasteiger charge is 2.52. The molecule has 0 bridgehead atoms. The van der Waals surface area contributed by atoms with E-state index in [-0.39, 0.29) is 33.4 Å². The molecule has 4 aromatic rings. The summed E-state index contributed by atoms with van der Waals surface area (Å²) in [5, 5.41) is 0. The number of fused-ring (bicyclic) bond motifs is 9. The number of rotatable bonds is 2. The topological polar surface area (TPSA) is 68.3 Å². The number of thiophene rings is 2. The number of hydrogen-bond donors (Lipinski definition) is 0. The summed E-state index contributed by atoms with van der Waals surface area (Å²) in [6.07, 6.45) is 7.11. The molecule has 10 heteroatoms. The average Bonchev–Trinajstić information content (AvgIpc) is 3.86. The molecule has 0 amide bonds. The van der Waals surface area contributed by atoms with Crippen molar-refractivity contribution in [3.05, 3.63) is 136 Å². The maximum atomic E-state index is 14.0. The molecule has 5 aliphatic rings. The summed E-state index contributed by atoms with van der Waals surface area (Å²) < 4.78 is 55.9. The minimum atomic E-state index is -1.18. The van der Waals surface area contributed by atoms with Crippen molar-refractivity contribution in [3.8, 4) is 9.75 Å². The van der Waals surface area contributed by atoms with Crippen LogP contribution >= 0.6 is 22.7 Å². The van der Waals surface area contributed by atoms with Gasteiger partial charge in [-0.3, -0.25) is 19.2 Å². The Hall–Kier alpha value is -4.80. The number of benzene rings is 2. The van der Waals surface area contributed by atoms with Crippen LogP contribution in [0.1, 0.15) is 115 Å². The van der Waals surface area contributed by atoms with Gasteiger partial charge in [0.2, 0.25) is 0 Å². The molecule has 0 N–H and O–H groups in total. The third kappa shape index (κ3) is 3.89. The van der Waals surface area contributed by atoms with E-state index >= 15 is 0 Å². The van der Waals surface area contributed by atoms with Gasteiger partial charge in [-0.1, -0.05) is 41.5 Å². The fourth-order valence-corrected chi connectivity index (χ4v) is 11.8. The predicted octanol–water partition coefficient (Wildman–Crippen LogP) is 10.0. The molecule has 0 unspecified atom stereocenters. The zero-order chi connectivity index (χ0) is 36.4. The lowest BCUT2D eigenvalue weighted by atomic mass is 9.70. The lowest BCUT2D eigenvalue weighted by Gasteiger charge is -2.32. The van der Waals surface area contributed by atoms with Gasteiger partial charge in [-0.05, 0) is 82.0 Å². The van der Waals surface area contributed by atoms with E-state index in [0.29, 0.717) is 0 Å². The lowest BCUT2D eigenvalue weighted by molar-refractivity contribution is 0.0973. The van der Waals surface area contributed by atoms with Crippen molar-refractivity contribution in [2.45, 2.75) is 57.8 Å². The first kappa shape index (κ1) is 32.1. The molecule has 4 nitrogen and oxygen atoms in total. The van der Waals surface area contributed by atoms with E-state index in [1.54, 1.807) is 34.8 Å². The second-order valence-electron chi connectivity index (χ2n) is 15.2. The predicted molar refractivity (Wildman–Crippen MR) is 188 cm³/mol. The normalized spacial score (nSPS) is 19.6. The monoisotopic (exact) mass is 722 g/mol. The van der Waals surface area contributed by atoms with Gasteiger partial charge in [0, 0.05) is 58.0 Å². The van der Waals surface area contributed by atoms with Crippen molar-refractivity contribution in [2.75, 3.05) is 0 Å². The van der Waals surface area contributed by atoms with Crippen LogP contribution in [0, 0.1) is 23.3 Å². The highest BCUT2D eigenvalue weighted by molar-refractivity contribution is 7.23. The van der Waals surface area contributed by atoms with Gasteiger partial charge in [0.05, 0.1) is 11.1 Å².